The summed E-state index contributed by atoms with van der Waals surface area (Å²) in [6, 6.07) is 15.8. The summed E-state index contributed by atoms with van der Waals surface area (Å²) in [6.45, 7) is -0.575. The normalized spacial score (nSPS) is 10.6. The molecule has 4 aromatic rings. The average molecular weight is 436 g/mol. The van der Waals surface area contributed by atoms with Gasteiger partial charge in [0, 0.05) is 16.3 Å². The van der Waals surface area contributed by atoms with Gasteiger partial charge in [0.1, 0.15) is 5.56 Å². The van der Waals surface area contributed by atoms with Gasteiger partial charge in [-0.15, -0.1) is 11.3 Å². The minimum atomic E-state index is -0.960. The van der Waals surface area contributed by atoms with Crippen molar-refractivity contribution in [2.75, 3.05) is 19.0 Å². The second kappa shape index (κ2) is 8.80. The van der Waals surface area contributed by atoms with E-state index < -0.39 is 24.1 Å². The standard InChI is InChI=1S/C22H16N2O6S/c1-28-17-9-5-8-14-10-15(21(27)30-19(14)17)20(26)29-11-18(25)24-22-23-16(12-31-22)13-6-3-2-4-7-13/h2-10,12H,11H2,1H3,(H,23,24,25). The summed E-state index contributed by atoms with van der Waals surface area (Å²) in [5.74, 6) is -1.17. The Balaban J connectivity index is 1.41. The number of nitrogens with zero attached hydrogens (tertiary/aromatic N) is 1. The highest BCUT2D eigenvalue weighted by molar-refractivity contribution is 7.14. The van der Waals surface area contributed by atoms with Crippen molar-refractivity contribution in [1.29, 1.82) is 0 Å². The Morgan fingerprint density at radius 1 is 1.13 bits per heavy atom. The van der Waals surface area contributed by atoms with Crippen molar-refractivity contribution in [2.24, 2.45) is 0 Å². The zero-order valence-electron chi connectivity index (χ0n) is 16.3. The van der Waals surface area contributed by atoms with Gasteiger partial charge in [0.2, 0.25) is 0 Å². The van der Waals surface area contributed by atoms with Crippen LogP contribution >= 0.6 is 11.3 Å². The van der Waals surface area contributed by atoms with E-state index >= 15 is 0 Å². The minimum Gasteiger partial charge on any atom is -0.493 e. The van der Waals surface area contributed by atoms with Crippen molar-refractivity contribution < 1.29 is 23.5 Å². The number of nitrogens with one attached hydrogen (secondary N) is 1. The molecule has 0 saturated heterocycles. The monoisotopic (exact) mass is 436 g/mol. The third-order valence-corrected chi connectivity index (χ3v) is 5.08. The summed E-state index contributed by atoms with van der Waals surface area (Å²) in [4.78, 5) is 41.0. The second-order valence-corrected chi connectivity index (χ2v) is 7.21. The van der Waals surface area contributed by atoms with Gasteiger partial charge < -0.3 is 13.9 Å². The van der Waals surface area contributed by atoms with Gasteiger partial charge in [-0.25, -0.2) is 14.6 Å². The molecule has 1 amide bonds. The summed E-state index contributed by atoms with van der Waals surface area (Å²) in [7, 11) is 1.45. The molecule has 0 atom stereocenters. The molecule has 0 aliphatic heterocycles. The first-order valence-corrected chi connectivity index (χ1v) is 10.0. The van der Waals surface area contributed by atoms with Crippen molar-refractivity contribution in [3.63, 3.8) is 0 Å². The van der Waals surface area contributed by atoms with Crippen LogP contribution in [0.4, 0.5) is 5.13 Å². The number of rotatable bonds is 6. The first-order chi connectivity index (χ1) is 15.0. The number of carbonyl (C=O) groups is 2. The van der Waals surface area contributed by atoms with Crippen molar-refractivity contribution in [2.45, 2.75) is 0 Å². The highest BCUT2D eigenvalue weighted by Gasteiger charge is 2.18. The van der Waals surface area contributed by atoms with Gasteiger partial charge in [0.05, 0.1) is 12.8 Å². The van der Waals surface area contributed by atoms with E-state index in [1.54, 1.807) is 18.2 Å². The van der Waals surface area contributed by atoms with Crippen LogP contribution in [0.3, 0.4) is 0 Å². The van der Waals surface area contributed by atoms with Gasteiger partial charge in [-0.05, 0) is 12.1 Å². The number of benzene rings is 2. The lowest BCUT2D eigenvalue weighted by Gasteiger charge is -2.06. The molecule has 156 valence electrons. The number of hydrogen-bond acceptors (Lipinski definition) is 8. The molecule has 0 unspecified atom stereocenters. The fraction of sp³-hybridized carbons (Fsp3) is 0.0909. The van der Waals surface area contributed by atoms with Crippen LogP contribution in [0, 0.1) is 0 Å². The summed E-state index contributed by atoms with van der Waals surface area (Å²) >= 11 is 1.25. The van der Waals surface area contributed by atoms with E-state index in [0.29, 0.717) is 16.3 Å². The highest BCUT2D eigenvalue weighted by atomic mass is 32.1. The number of hydrogen-bond donors (Lipinski definition) is 1. The number of esters is 1. The zero-order valence-corrected chi connectivity index (χ0v) is 17.1. The molecule has 0 aliphatic rings. The zero-order chi connectivity index (χ0) is 21.8. The van der Waals surface area contributed by atoms with Crippen LogP contribution in [0.2, 0.25) is 0 Å². The number of amides is 1. The molecule has 2 aromatic heterocycles. The molecule has 8 nitrogen and oxygen atoms in total. The summed E-state index contributed by atoms with van der Waals surface area (Å²) < 4.78 is 15.3. The van der Waals surface area contributed by atoms with Gasteiger partial charge in [-0.3, -0.25) is 10.1 Å². The predicted octanol–water partition coefficient (Wildman–Crippen LogP) is 3.72. The molecule has 2 aromatic carbocycles. The van der Waals surface area contributed by atoms with E-state index in [2.05, 4.69) is 10.3 Å². The maximum Gasteiger partial charge on any atom is 0.351 e. The average Bonchev–Trinajstić information content (AvgIpc) is 3.25. The van der Waals surface area contributed by atoms with E-state index in [1.165, 1.54) is 24.5 Å². The van der Waals surface area contributed by atoms with Crippen molar-refractivity contribution >= 4 is 39.3 Å². The van der Waals surface area contributed by atoms with E-state index in [-0.39, 0.29) is 11.1 Å². The Morgan fingerprint density at radius 2 is 1.94 bits per heavy atom. The Kier molecular flexibility index (Phi) is 5.76. The highest BCUT2D eigenvalue weighted by Crippen LogP contribution is 2.25. The first-order valence-electron chi connectivity index (χ1n) is 9.14. The van der Waals surface area contributed by atoms with Crippen LogP contribution in [0.5, 0.6) is 5.75 Å². The van der Waals surface area contributed by atoms with Crippen LogP contribution < -0.4 is 15.7 Å². The van der Waals surface area contributed by atoms with E-state index in [0.717, 1.165) is 11.3 Å². The largest absolute Gasteiger partial charge is 0.493 e. The third-order valence-electron chi connectivity index (χ3n) is 4.32. The van der Waals surface area contributed by atoms with Crippen molar-refractivity contribution in [3.05, 3.63) is 76.0 Å². The number of thiazole rings is 1. The summed E-state index contributed by atoms with van der Waals surface area (Å²) in [5, 5.41) is 5.25. The van der Waals surface area contributed by atoms with Crippen molar-refractivity contribution in [3.8, 4) is 17.0 Å². The number of para-hydroxylation sites is 1. The van der Waals surface area contributed by atoms with E-state index in [9.17, 15) is 14.4 Å². The molecule has 0 bridgehead atoms. The molecule has 4 rings (SSSR count). The smallest absolute Gasteiger partial charge is 0.351 e. The molecule has 0 spiro atoms. The molecular weight excluding hydrogens is 420 g/mol. The Morgan fingerprint density at radius 3 is 2.71 bits per heavy atom. The fourth-order valence-corrected chi connectivity index (χ4v) is 3.59. The second-order valence-electron chi connectivity index (χ2n) is 6.35. The molecule has 2 heterocycles. The van der Waals surface area contributed by atoms with Crippen LogP contribution in [-0.2, 0) is 9.53 Å². The van der Waals surface area contributed by atoms with Gasteiger partial charge in [0.15, 0.2) is 23.1 Å². The van der Waals surface area contributed by atoms with Crippen LogP contribution in [0.1, 0.15) is 10.4 Å². The van der Waals surface area contributed by atoms with Gasteiger partial charge >= 0.3 is 11.6 Å². The van der Waals surface area contributed by atoms with Gasteiger partial charge in [0.25, 0.3) is 5.91 Å². The predicted molar refractivity (Wildman–Crippen MR) is 115 cm³/mol. The Labute approximate surface area is 180 Å². The SMILES string of the molecule is COc1cccc2cc(C(=O)OCC(=O)Nc3nc(-c4ccccc4)cs3)c(=O)oc12. The summed E-state index contributed by atoms with van der Waals surface area (Å²) in [6.07, 6.45) is 0. The maximum absolute atomic E-state index is 12.3. The van der Waals surface area contributed by atoms with Crippen LogP contribution in [0.25, 0.3) is 22.2 Å². The maximum atomic E-state index is 12.3. The number of ether oxygens (including phenoxy) is 2. The molecular formula is C22H16N2O6S. The molecule has 0 radical (unpaired) electrons. The Hall–Kier alpha value is -3.98. The number of methoxy groups -OCH3 is 1. The first kappa shape index (κ1) is 20.3. The topological polar surface area (TPSA) is 108 Å². The Bertz CT molecular complexity index is 1310. The number of fused-ring (bicyclic) bond motifs is 1. The van der Waals surface area contributed by atoms with Crippen LogP contribution in [-0.4, -0.2) is 30.6 Å². The lowest BCUT2D eigenvalue weighted by Crippen LogP contribution is -2.23. The molecule has 0 aliphatic carbocycles. The minimum absolute atomic E-state index is 0.224. The lowest BCUT2D eigenvalue weighted by molar-refractivity contribution is -0.119. The lowest BCUT2D eigenvalue weighted by atomic mass is 10.2. The number of aromatic nitrogens is 1. The molecule has 9 heteroatoms. The van der Waals surface area contributed by atoms with Gasteiger partial charge in [-0.2, -0.15) is 0 Å². The van der Waals surface area contributed by atoms with E-state index in [4.69, 9.17) is 13.9 Å². The van der Waals surface area contributed by atoms with Gasteiger partial charge in [-0.1, -0.05) is 42.5 Å². The van der Waals surface area contributed by atoms with Crippen LogP contribution in [0.15, 0.2) is 69.2 Å². The number of anilines is 1. The number of carbonyl (C=O) groups excluding carboxylic acids is 2. The molecule has 31 heavy (non-hydrogen) atoms. The van der Waals surface area contributed by atoms with E-state index in [1.807, 2.05) is 35.7 Å². The fourth-order valence-electron chi connectivity index (χ4n) is 2.86. The molecule has 1 N–H and O–H groups in total. The molecule has 0 saturated carbocycles. The third kappa shape index (κ3) is 4.46. The molecule has 0 fully saturated rings. The quantitative estimate of drug-likeness (QED) is 0.362. The van der Waals surface area contributed by atoms with Crippen molar-refractivity contribution in [1.82, 2.24) is 4.98 Å². The summed E-state index contributed by atoms with van der Waals surface area (Å²) in [5.41, 5.74) is 0.679.